The van der Waals surface area contributed by atoms with Gasteiger partial charge in [-0.05, 0) is 42.5 Å². The average molecular weight is 366 g/mol. The summed E-state index contributed by atoms with van der Waals surface area (Å²) in [6.45, 7) is 1.02. The molecule has 1 heterocycles. The van der Waals surface area contributed by atoms with Crippen LogP contribution in [0.2, 0.25) is 0 Å². The number of esters is 1. The van der Waals surface area contributed by atoms with Crippen molar-refractivity contribution in [2.24, 2.45) is 0 Å². The number of Topliss-reactive ketones (excluding diaryl/α,β-unsaturated/α-hetero) is 1. The Morgan fingerprint density at radius 3 is 2.44 bits per heavy atom. The number of hydrogen-bond donors (Lipinski definition) is 2. The maximum atomic E-state index is 12.2. The van der Waals surface area contributed by atoms with Crippen LogP contribution >= 0.6 is 0 Å². The molecule has 7 heteroatoms. The number of H-pyrrole nitrogens is 1. The molecule has 0 spiro atoms. The van der Waals surface area contributed by atoms with Gasteiger partial charge in [0.25, 0.3) is 0 Å². The van der Waals surface area contributed by atoms with Crippen LogP contribution in [-0.4, -0.2) is 36.4 Å². The van der Waals surface area contributed by atoms with Crippen LogP contribution in [0.25, 0.3) is 10.9 Å². The lowest BCUT2D eigenvalue weighted by atomic mass is 10.1. The van der Waals surface area contributed by atoms with E-state index in [0.29, 0.717) is 17.0 Å². The number of benzene rings is 2. The van der Waals surface area contributed by atoms with Gasteiger partial charge in [-0.3, -0.25) is 9.59 Å². The zero-order chi connectivity index (χ0) is 19.4. The Morgan fingerprint density at radius 2 is 1.78 bits per heavy atom. The second-order valence-corrected chi connectivity index (χ2v) is 5.89. The number of hydrogen-bond acceptors (Lipinski definition) is 5. The van der Waals surface area contributed by atoms with E-state index in [9.17, 15) is 14.4 Å². The predicted octanol–water partition coefficient (Wildman–Crippen LogP) is 3.17. The molecule has 138 valence electrons. The first-order valence-corrected chi connectivity index (χ1v) is 8.21. The maximum absolute atomic E-state index is 12.2. The molecule has 0 bridgehead atoms. The Hall–Kier alpha value is -3.61. The van der Waals surface area contributed by atoms with Crippen molar-refractivity contribution in [3.05, 3.63) is 59.8 Å². The molecule has 1 amide bonds. The number of methoxy groups -OCH3 is 1. The van der Waals surface area contributed by atoms with Gasteiger partial charge in [-0.15, -0.1) is 0 Å². The lowest BCUT2D eigenvalue weighted by molar-refractivity contribution is -0.114. The zero-order valence-electron chi connectivity index (χ0n) is 14.9. The highest BCUT2D eigenvalue weighted by atomic mass is 16.5. The van der Waals surface area contributed by atoms with E-state index in [1.165, 1.54) is 6.92 Å². The second kappa shape index (κ2) is 7.74. The van der Waals surface area contributed by atoms with Crippen molar-refractivity contribution in [3.63, 3.8) is 0 Å². The standard InChI is InChI=1S/C20H18N2O5/c1-12(23)21-15-6-3-13(4-7-15)19(24)11-27-20(25)18-9-14-5-8-16(26-2)10-17(14)22-18/h3-10,22H,11H2,1-2H3,(H,21,23). The Bertz CT molecular complexity index is 1000. The monoisotopic (exact) mass is 366 g/mol. The third-order valence-electron chi connectivity index (χ3n) is 3.91. The Balaban J connectivity index is 1.63. The van der Waals surface area contributed by atoms with Crippen LogP contribution < -0.4 is 10.1 Å². The fraction of sp³-hybridized carbons (Fsp3) is 0.150. The summed E-state index contributed by atoms with van der Waals surface area (Å²) in [5.41, 5.74) is 1.97. The summed E-state index contributed by atoms with van der Waals surface area (Å²) in [6, 6.07) is 13.4. The van der Waals surface area contributed by atoms with Gasteiger partial charge in [0, 0.05) is 35.1 Å². The number of carbonyl (C=O) groups is 3. The molecule has 27 heavy (non-hydrogen) atoms. The average Bonchev–Trinajstić information content (AvgIpc) is 3.09. The minimum atomic E-state index is -0.617. The molecule has 0 fully saturated rings. The number of aromatic amines is 1. The summed E-state index contributed by atoms with van der Waals surface area (Å²) >= 11 is 0. The van der Waals surface area contributed by atoms with Crippen LogP contribution in [0.5, 0.6) is 5.75 Å². The Kier molecular flexibility index (Phi) is 5.21. The fourth-order valence-corrected chi connectivity index (χ4v) is 2.58. The molecular formula is C20H18N2O5. The van der Waals surface area contributed by atoms with Crippen molar-refractivity contribution in [2.45, 2.75) is 6.92 Å². The number of fused-ring (bicyclic) bond motifs is 1. The van der Waals surface area contributed by atoms with Crippen LogP contribution in [0, 0.1) is 0 Å². The lowest BCUT2D eigenvalue weighted by Gasteiger charge is -2.05. The zero-order valence-corrected chi connectivity index (χ0v) is 14.9. The molecule has 0 aliphatic heterocycles. The minimum absolute atomic E-state index is 0.195. The first-order chi connectivity index (χ1) is 13.0. The summed E-state index contributed by atoms with van der Waals surface area (Å²) in [4.78, 5) is 38.3. The van der Waals surface area contributed by atoms with E-state index in [4.69, 9.17) is 9.47 Å². The van der Waals surface area contributed by atoms with Gasteiger partial charge in [0.15, 0.2) is 12.4 Å². The van der Waals surface area contributed by atoms with Crippen LogP contribution in [-0.2, 0) is 9.53 Å². The van der Waals surface area contributed by atoms with Crippen molar-refractivity contribution >= 4 is 34.3 Å². The molecule has 7 nitrogen and oxygen atoms in total. The number of anilines is 1. The third-order valence-corrected chi connectivity index (χ3v) is 3.91. The number of nitrogens with one attached hydrogen (secondary N) is 2. The van der Waals surface area contributed by atoms with Crippen LogP contribution in [0.4, 0.5) is 5.69 Å². The first kappa shape index (κ1) is 18.2. The molecule has 2 N–H and O–H groups in total. The molecule has 0 saturated heterocycles. The van der Waals surface area contributed by atoms with Gasteiger partial charge in [0.2, 0.25) is 5.91 Å². The van der Waals surface area contributed by atoms with Gasteiger partial charge in [0.1, 0.15) is 11.4 Å². The van der Waals surface area contributed by atoms with Crippen LogP contribution in [0.1, 0.15) is 27.8 Å². The number of ether oxygens (including phenoxy) is 2. The van der Waals surface area contributed by atoms with Crippen molar-refractivity contribution < 1.29 is 23.9 Å². The molecule has 1 aromatic heterocycles. The molecule has 0 aliphatic rings. The van der Waals surface area contributed by atoms with Crippen molar-refractivity contribution in [2.75, 3.05) is 19.0 Å². The van der Waals surface area contributed by atoms with Gasteiger partial charge in [0.05, 0.1) is 7.11 Å². The predicted molar refractivity (Wildman–Crippen MR) is 100 cm³/mol. The highest BCUT2D eigenvalue weighted by molar-refractivity contribution is 6.00. The molecule has 0 unspecified atom stereocenters. The molecule has 3 aromatic rings. The van der Waals surface area contributed by atoms with E-state index >= 15 is 0 Å². The number of amides is 1. The summed E-state index contributed by atoms with van der Waals surface area (Å²) < 4.78 is 10.3. The number of aromatic nitrogens is 1. The van der Waals surface area contributed by atoms with E-state index in [1.54, 1.807) is 49.6 Å². The Morgan fingerprint density at radius 1 is 1.04 bits per heavy atom. The quantitative estimate of drug-likeness (QED) is 0.516. The highest BCUT2D eigenvalue weighted by Crippen LogP contribution is 2.21. The summed E-state index contributed by atoms with van der Waals surface area (Å²) in [5.74, 6) is -0.481. The summed E-state index contributed by atoms with van der Waals surface area (Å²) in [5, 5.41) is 3.45. The van der Waals surface area contributed by atoms with Gasteiger partial charge >= 0.3 is 5.97 Å². The summed E-state index contributed by atoms with van der Waals surface area (Å²) in [6.07, 6.45) is 0. The topological polar surface area (TPSA) is 97.5 Å². The van der Waals surface area contributed by atoms with Gasteiger partial charge in [-0.1, -0.05) is 0 Å². The van der Waals surface area contributed by atoms with Gasteiger partial charge < -0.3 is 19.8 Å². The second-order valence-electron chi connectivity index (χ2n) is 5.89. The SMILES string of the molecule is COc1ccc2cc(C(=O)OCC(=O)c3ccc(NC(C)=O)cc3)[nH]c2c1. The highest BCUT2D eigenvalue weighted by Gasteiger charge is 2.14. The van der Waals surface area contributed by atoms with Crippen molar-refractivity contribution in [3.8, 4) is 5.75 Å². The first-order valence-electron chi connectivity index (χ1n) is 8.21. The Labute approximate surface area is 155 Å². The van der Waals surface area contributed by atoms with Gasteiger partial charge in [-0.25, -0.2) is 4.79 Å². The lowest BCUT2D eigenvalue weighted by Crippen LogP contribution is -2.14. The number of carbonyl (C=O) groups excluding carboxylic acids is 3. The summed E-state index contributed by atoms with van der Waals surface area (Å²) in [7, 11) is 1.56. The fourth-order valence-electron chi connectivity index (χ4n) is 2.58. The molecule has 0 atom stereocenters. The van der Waals surface area contributed by atoms with E-state index in [1.807, 2.05) is 6.07 Å². The van der Waals surface area contributed by atoms with Crippen molar-refractivity contribution in [1.29, 1.82) is 0 Å². The maximum Gasteiger partial charge on any atom is 0.355 e. The van der Waals surface area contributed by atoms with E-state index in [2.05, 4.69) is 10.3 Å². The van der Waals surface area contributed by atoms with E-state index in [0.717, 1.165) is 10.9 Å². The minimum Gasteiger partial charge on any atom is -0.497 e. The van der Waals surface area contributed by atoms with Gasteiger partial charge in [-0.2, -0.15) is 0 Å². The third kappa shape index (κ3) is 4.33. The van der Waals surface area contributed by atoms with Crippen molar-refractivity contribution in [1.82, 2.24) is 4.98 Å². The molecular weight excluding hydrogens is 348 g/mol. The molecule has 0 saturated carbocycles. The van der Waals surface area contributed by atoms with Crippen LogP contribution in [0.15, 0.2) is 48.5 Å². The van der Waals surface area contributed by atoms with E-state index < -0.39 is 5.97 Å². The largest absolute Gasteiger partial charge is 0.497 e. The molecule has 2 aromatic carbocycles. The van der Waals surface area contributed by atoms with Crippen LogP contribution in [0.3, 0.4) is 0 Å². The number of rotatable bonds is 6. The molecule has 0 radical (unpaired) electrons. The number of ketones is 1. The molecule has 3 rings (SSSR count). The molecule has 0 aliphatic carbocycles. The van der Waals surface area contributed by atoms with E-state index in [-0.39, 0.29) is 24.0 Å². The smallest absolute Gasteiger partial charge is 0.355 e. The normalized spacial score (nSPS) is 10.4.